The van der Waals surface area contributed by atoms with E-state index in [-0.39, 0.29) is 28.8 Å². The van der Waals surface area contributed by atoms with Crippen LogP contribution in [-0.2, 0) is 6.54 Å². The van der Waals surface area contributed by atoms with E-state index < -0.39 is 23.2 Å². The summed E-state index contributed by atoms with van der Waals surface area (Å²) in [4.78, 5) is 28.4. The molecule has 7 heteroatoms. The van der Waals surface area contributed by atoms with Gasteiger partial charge in [-0.25, -0.2) is 4.39 Å². The lowest BCUT2D eigenvalue weighted by Gasteiger charge is -2.25. The first kappa shape index (κ1) is 20.0. The lowest BCUT2D eigenvalue weighted by molar-refractivity contribution is 0.0714. The molecule has 154 valence electrons. The van der Waals surface area contributed by atoms with Gasteiger partial charge < -0.3 is 9.32 Å². The summed E-state index contributed by atoms with van der Waals surface area (Å²) >= 11 is 9.75. The maximum absolute atomic E-state index is 13.8. The van der Waals surface area contributed by atoms with Gasteiger partial charge in [0.15, 0.2) is 5.43 Å². The summed E-state index contributed by atoms with van der Waals surface area (Å²) < 4.78 is 20.5. The van der Waals surface area contributed by atoms with E-state index in [0.717, 1.165) is 21.7 Å². The van der Waals surface area contributed by atoms with Gasteiger partial charge in [-0.2, -0.15) is 0 Å². The SMILES string of the molecule is O=C1c2oc3ccc(F)cc3c(=O)c2[C@H](c2ccc(Br)cc2)N1Cc1ccccc1Cl. The third-order valence-electron chi connectivity index (χ3n) is 5.41. The molecule has 0 aliphatic carbocycles. The van der Waals surface area contributed by atoms with E-state index in [4.69, 9.17) is 16.0 Å². The minimum absolute atomic E-state index is 0.0240. The minimum atomic E-state index is -0.684. The monoisotopic (exact) mass is 497 g/mol. The van der Waals surface area contributed by atoms with Crippen LogP contribution < -0.4 is 5.43 Å². The Kier molecular flexibility index (Phi) is 4.91. The van der Waals surface area contributed by atoms with Crippen molar-refractivity contribution in [3.63, 3.8) is 0 Å². The quantitative estimate of drug-likeness (QED) is 0.343. The van der Waals surface area contributed by atoms with Crippen LogP contribution in [0.3, 0.4) is 0 Å². The molecule has 0 saturated heterocycles. The minimum Gasteiger partial charge on any atom is -0.450 e. The third kappa shape index (κ3) is 3.36. The fourth-order valence-electron chi connectivity index (χ4n) is 3.96. The molecule has 3 aromatic carbocycles. The van der Waals surface area contributed by atoms with Gasteiger partial charge in [0, 0.05) is 16.0 Å². The maximum Gasteiger partial charge on any atom is 0.291 e. The van der Waals surface area contributed by atoms with Crippen LogP contribution in [0.4, 0.5) is 4.39 Å². The van der Waals surface area contributed by atoms with Gasteiger partial charge in [0.05, 0.1) is 17.0 Å². The fraction of sp³-hybridized carbons (Fsp3) is 0.0833. The number of carbonyl (C=O) groups excluding carboxylic acids is 1. The summed E-state index contributed by atoms with van der Waals surface area (Å²) in [5, 5.41) is 0.626. The molecule has 5 rings (SSSR count). The number of fused-ring (bicyclic) bond motifs is 2. The highest BCUT2D eigenvalue weighted by atomic mass is 79.9. The average molecular weight is 499 g/mol. The number of halogens is 3. The van der Waals surface area contributed by atoms with Crippen molar-refractivity contribution in [1.29, 1.82) is 0 Å². The molecule has 0 N–H and O–H groups in total. The van der Waals surface area contributed by atoms with Crippen LogP contribution >= 0.6 is 27.5 Å². The normalized spacial score (nSPS) is 15.5. The first-order valence-corrected chi connectivity index (χ1v) is 10.7. The van der Waals surface area contributed by atoms with Crippen molar-refractivity contribution in [2.45, 2.75) is 12.6 Å². The molecule has 0 fully saturated rings. The van der Waals surface area contributed by atoms with Crippen LogP contribution in [0, 0.1) is 5.82 Å². The van der Waals surface area contributed by atoms with Crippen LogP contribution in [0.5, 0.6) is 0 Å². The number of hydrogen-bond donors (Lipinski definition) is 0. The first-order valence-electron chi connectivity index (χ1n) is 9.50. The topological polar surface area (TPSA) is 50.5 Å². The van der Waals surface area contributed by atoms with Crippen LogP contribution in [0.15, 0.2) is 80.4 Å². The summed E-state index contributed by atoms with van der Waals surface area (Å²) in [5.41, 5.74) is 1.45. The molecule has 0 unspecified atom stereocenters. The molecule has 4 aromatic rings. The van der Waals surface area contributed by atoms with E-state index in [1.54, 1.807) is 11.0 Å². The van der Waals surface area contributed by atoms with Gasteiger partial charge >= 0.3 is 0 Å². The summed E-state index contributed by atoms with van der Waals surface area (Å²) in [5.74, 6) is -0.979. The molecular formula is C24H14BrClFNO3. The molecule has 0 spiro atoms. The molecule has 1 aromatic heterocycles. The summed E-state index contributed by atoms with van der Waals surface area (Å²) in [7, 11) is 0. The second-order valence-corrected chi connectivity index (χ2v) is 8.62. The van der Waals surface area contributed by atoms with E-state index in [2.05, 4.69) is 15.9 Å². The molecule has 4 nitrogen and oxygen atoms in total. The van der Waals surface area contributed by atoms with Gasteiger partial charge in [-0.3, -0.25) is 9.59 Å². The fourth-order valence-corrected chi connectivity index (χ4v) is 4.42. The van der Waals surface area contributed by atoms with Crippen molar-refractivity contribution in [2.75, 3.05) is 0 Å². The van der Waals surface area contributed by atoms with Crippen molar-refractivity contribution < 1.29 is 13.6 Å². The lowest BCUT2D eigenvalue weighted by Crippen LogP contribution is -2.29. The molecule has 0 saturated carbocycles. The Morgan fingerprint density at radius 1 is 1.03 bits per heavy atom. The molecule has 0 bridgehead atoms. The standard InChI is InChI=1S/C24H14BrClFNO3/c25-15-7-5-13(6-8-15)21-20-22(29)17-11-16(27)9-10-19(17)31-23(20)24(30)28(21)12-14-3-1-2-4-18(14)26/h1-11,21H,12H2/t21-/m0/s1. The number of amides is 1. The predicted molar refractivity (Wildman–Crippen MR) is 120 cm³/mol. The largest absolute Gasteiger partial charge is 0.450 e. The Labute approximate surface area is 190 Å². The van der Waals surface area contributed by atoms with Gasteiger partial charge in [0.25, 0.3) is 5.91 Å². The Morgan fingerprint density at radius 3 is 2.52 bits per heavy atom. The van der Waals surface area contributed by atoms with Gasteiger partial charge in [-0.15, -0.1) is 0 Å². The van der Waals surface area contributed by atoms with Crippen LogP contribution in [0.25, 0.3) is 11.0 Å². The Bertz CT molecular complexity index is 1400. The van der Waals surface area contributed by atoms with Gasteiger partial charge in [0.1, 0.15) is 11.4 Å². The summed E-state index contributed by atoms with van der Waals surface area (Å²) in [6, 6.07) is 17.6. The van der Waals surface area contributed by atoms with E-state index in [1.165, 1.54) is 12.1 Å². The first-order chi connectivity index (χ1) is 14.9. The predicted octanol–water partition coefficient (Wildman–Crippen LogP) is 6.09. The highest BCUT2D eigenvalue weighted by Crippen LogP contribution is 2.40. The highest BCUT2D eigenvalue weighted by molar-refractivity contribution is 9.10. The van der Waals surface area contributed by atoms with Crippen molar-refractivity contribution in [1.82, 2.24) is 4.90 Å². The summed E-state index contributed by atoms with van der Waals surface area (Å²) in [6.45, 7) is 0.188. The molecule has 31 heavy (non-hydrogen) atoms. The highest BCUT2D eigenvalue weighted by Gasteiger charge is 2.42. The van der Waals surface area contributed by atoms with Crippen molar-refractivity contribution >= 4 is 44.4 Å². The smallest absolute Gasteiger partial charge is 0.291 e. The Morgan fingerprint density at radius 2 is 1.77 bits per heavy atom. The number of carbonyl (C=O) groups is 1. The summed E-state index contributed by atoms with van der Waals surface area (Å²) in [6.07, 6.45) is 0. The number of rotatable bonds is 3. The van der Waals surface area contributed by atoms with Crippen LogP contribution in [0.1, 0.15) is 33.3 Å². The van der Waals surface area contributed by atoms with Crippen LogP contribution in [0.2, 0.25) is 5.02 Å². The van der Waals surface area contributed by atoms with Crippen LogP contribution in [-0.4, -0.2) is 10.8 Å². The zero-order valence-electron chi connectivity index (χ0n) is 15.9. The maximum atomic E-state index is 13.8. The zero-order valence-corrected chi connectivity index (χ0v) is 18.3. The Hall–Kier alpha value is -2.96. The number of benzene rings is 3. The third-order valence-corrected chi connectivity index (χ3v) is 6.31. The van der Waals surface area contributed by atoms with E-state index in [9.17, 15) is 14.0 Å². The van der Waals surface area contributed by atoms with Crippen molar-refractivity contribution in [3.8, 4) is 0 Å². The molecule has 1 aliphatic heterocycles. The van der Waals surface area contributed by atoms with Gasteiger partial charge in [-0.1, -0.05) is 57.9 Å². The number of nitrogens with zero attached hydrogens (tertiary/aromatic N) is 1. The van der Waals surface area contributed by atoms with Crippen molar-refractivity contribution in [2.24, 2.45) is 0 Å². The second-order valence-electron chi connectivity index (χ2n) is 7.29. The van der Waals surface area contributed by atoms with E-state index in [0.29, 0.717) is 5.02 Å². The molecule has 1 atom stereocenters. The van der Waals surface area contributed by atoms with Gasteiger partial charge in [-0.05, 0) is 47.5 Å². The lowest BCUT2D eigenvalue weighted by atomic mass is 9.98. The van der Waals surface area contributed by atoms with Gasteiger partial charge in [0.2, 0.25) is 5.76 Å². The van der Waals surface area contributed by atoms with E-state index in [1.807, 2.05) is 42.5 Å². The number of hydrogen-bond acceptors (Lipinski definition) is 3. The zero-order chi connectivity index (χ0) is 21.7. The molecule has 1 amide bonds. The molecule has 0 radical (unpaired) electrons. The van der Waals surface area contributed by atoms with Crippen molar-refractivity contribution in [3.05, 3.63) is 115 Å². The van der Waals surface area contributed by atoms with E-state index >= 15 is 0 Å². The molecule has 1 aliphatic rings. The molecule has 2 heterocycles. The Balaban J connectivity index is 1.74. The second kappa shape index (κ2) is 7.62. The molecular weight excluding hydrogens is 485 g/mol. The average Bonchev–Trinajstić information content (AvgIpc) is 3.03.